The van der Waals surface area contributed by atoms with E-state index in [0.717, 1.165) is 31.8 Å². The maximum atomic E-state index is 8.81. The topological polar surface area (TPSA) is 57.9 Å². The molecule has 1 saturated carbocycles. The van der Waals surface area contributed by atoms with Gasteiger partial charge in [0.2, 0.25) is 5.88 Å². The van der Waals surface area contributed by atoms with E-state index >= 15 is 0 Å². The van der Waals surface area contributed by atoms with Crippen molar-refractivity contribution < 1.29 is 4.74 Å². The van der Waals surface area contributed by atoms with Crippen LogP contribution >= 0.6 is 0 Å². The highest BCUT2D eigenvalue weighted by atomic mass is 16.5. The van der Waals surface area contributed by atoms with Crippen molar-refractivity contribution >= 4 is 0 Å². The minimum absolute atomic E-state index is 0.327. The number of ether oxygens (including phenoxy) is 1. The SMILES string of the molecule is N#Cc1ccc(CNCc2ccnc(OC3CCCCC3)c2)cc1. The molecule has 1 fully saturated rings. The second-order valence-electron chi connectivity index (χ2n) is 6.29. The summed E-state index contributed by atoms with van der Waals surface area (Å²) in [6, 6.07) is 13.8. The number of benzene rings is 1. The predicted octanol–water partition coefficient (Wildman–Crippen LogP) is 3.95. The molecule has 0 unspecified atom stereocenters. The van der Waals surface area contributed by atoms with Crippen molar-refractivity contribution in [2.45, 2.75) is 51.3 Å². The van der Waals surface area contributed by atoms with Crippen LogP contribution in [0.15, 0.2) is 42.6 Å². The number of pyridine rings is 1. The Morgan fingerprint density at radius 2 is 1.79 bits per heavy atom. The van der Waals surface area contributed by atoms with Crippen LogP contribution in [-0.4, -0.2) is 11.1 Å². The summed E-state index contributed by atoms with van der Waals surface area (Å²) in [5, 5.41) is 12.2. The van der Waals surface area contributed by atoms with Gasteiger partial charge in [0, 0.05) is 25.4 Å². The summed E-state index contributed by atoms with van der Waals surface area (Å²) in [7, 11) is 0. The zero-order valence-electron chi connectivity index (χ0n) is 13.9. The smallest absolute Gasteiger partial charge is 0.213 e. The first kappa shape index (κ1) is 16.5. The normalized spacial score (nSPS) is 15.0. The molecular weight excluding hydrogens is 298 g/mol. The second kappa shape index (κ2) is 8.47. The van der Waals surface area contributed by atoms with Gasteiger partial charge >= 0.3 is 0 Å². The molecule has 1 N–H and O–H groups in total. The highest BCUT2D eigenvalue weighted by Gasteiger charge is 2.15. The first-order chi connectivity index (χ1) is 11.8. The number of nitrogens with one attached hydrogen (secondary N) is 1. The molecule has 4 nitrogen and oxygen atoms in total. The number of nitrogens with zero attached hydrogens (tertiary/aromatic N) is 2. The fourth-order valence-electron chi connectivity index (χ4n) is 3.03. The zero-order chi connectivity index (χ0) is 16.6. The van der Waals surface area contributed by atoms with Crippen molar-refractivity contribution in [3.8, 4) is 11.9 Å². The van der Waals surface area contributed by atoms with Crippen molar-refractivity contribution in [1.29, 1.82) is 5.26 Å². The predicted molar refractivity (Wildman–Crippen MR) is 93.4 cm³/mol. The van der Waals surface area contributed by atoms with Gasteiger partial charge in [0.25, 0.3) is 0 Å². The standard InChI is InChI=1S/C20H23N3O/c21-13-16-6-8-17(9-7-16)14-22-15-18-10-11-23-20(12-18)24-19-4-2-1-3-5-19/h6-12,19,22H,1-5,14-15H2. The van der Waals surface area contributed by atoms with Gasteiger partial charge in [-0.25, -0.2) is 4.98 Å². The summed E-state index contributed by atoms with van der Waals surface area (Å²) in [5.74, 6) is 0.736. The van der Waals surface area contributed by atoms with Gasteiger partial charge < -0.3 is 10.1 Å². The lowest BCUT2D eigenvalue weighted by Crippen LogP contribution is -2.20. The number of hydrogen-bond donors (Lipinski definition) is 1. The fraction of sp³-hybridized carbons (Fsp3) is 0.400. The Morgan fingerprint density at radius 3 is 2.54 bits per heavy atom. The van der Waals surface area contributed by atoms with Gasteiger partial charge in [0.05, 0.1) is 11.6 Å². The molecule has 1 aliphatic carbocycles. The van der Waals surface area contributed by atoms with Crippen LogP contribution in [0.25, 0.3) is 0 Å². The van der Waals surface area contributed by atoms with E-state index in [4.69, 9.17) is 10.00 Å². The van der Waals surface area contributed by atoms with Gasteiger partial charge in [-0.3, -0.25) is 0 Å². The van der Waals surface area contributed by atoms with E-state index in [1.165, 1.54) is 30.4 Å². The molecule has 0 saturated heterocycles. The molecule has 1 heterocycles. The Bertz CT molecular complexity index is 685. The van der Waals surface area contributed by atoms with Crippen LogP contribution in [0.3, 0.4) is 0 Å². The van der Waals surface area contributed by atoms with E-state index in [9.17, 15) is 0 Å². The lowest BCUT2D eigenvalue weighted by atomic mass is 9.98. The van der Waals surface area contributed by atoms with Gasteiger partial charge in [-0.2, -0.15) is 5.26 Å². The Hall–Kier alpha value is -2.38. The molecule has 24 heavy (non-hydrogen) atoms. The van der Waals surface area contributed by atoms with Gasteiger partial charge in [-0.1, -0.05) is 18.6 Å². The third kappa shape index (κ3) is 4.81. The molecule has 3 rings (SSSR count). The number of rotatable bonds is 6. The monoisotopic (exact) mass is 321 g/mol. The van der Waals surface area contributed by atoms with Crippen LogP contribution in [0.5, 0.6) is 5.88 Å². The largest absolute Gasteiger partial charge is 0.474 e. The third-order valence-electron chi connectivity index (χ3n) is 4.38. The maximum absolute atomic E-state index is 8.81. The Labute approximate surface area is 143 Å². The highest BCUT2D eigenvalue weighted by molar-refractivity contribution is 5.31. The Balaban J connectivity index is 1.49. The molecule has 0 radical (unpaired) electrons. The van der Waals surface area contributed by atoms with Crippen LogP contribution in [0.2, 0.25) is 0 Å². The van der Waals surface area contributed by atoms with E-state index in [0.29, 0.717) is 11.7 Å². The molecule has 0 spiro atoms. The van der Waals surface area contributed by atoms with Crippen molar-refractivity contribution in [2.24, 2.45) is 0 Å². The average Bonchev–Trinajstić information content (AvgIpc) is 2.63. The molecule has 4 heteroatoms. The zero-order valence-corrected chi connectivity index (χ0v) is 13.9. The quantitative estimate of drug-likeness (QED) is 0.875. The molecule has 124 valence electrons. The minimum Gasteiger partial charge on any atom is -0.474 e. The summed E-state index contributed by atoms with van der Waals surface area (Å²) >= 11 is 0. The van der Waals surface area contributed by atoms with E-state index in [2.05, 4.69) is 16.4 Å². The molecule has 1 aromatic carbocycles. The Morgan fingerprint density at radius 1 is 1.04 bits per heavy atom. The summed E-state index contributed by atoms with van der Waals surface area (Å²) in [6.07, 6.45) is 8.27. The lowest BCUT2D eigenvalue weighted by Gasteiger charge is -2.22. The number of nitriles is 1. The van der Waals surface area contributed by atoms with Gasteiger partial charge in [-0.05, 0) is 55.0 Å². The first-order valence-electron chi connectivity index (χ1n) is 8.65. The Kier molecular flexibility index (Phi) is 5.81. The van der Waals surface area contributed by atoms with Crippen molar-refractivity contribution in [2.75, 3.05) is 0 Å². The maximum Gasteiger partial charge on any atom is 0.213 e. The molecule has 0 atom stereocenters. The summed E-state index contributed by atoms with van der Waals surface area (Å²) in [4.78, 5) is 4.34. The van der Waals surface area contributed by atoms with Crippen LogP contribution in [0, 0.1) is 11.3 Å². The first-order valence-corrected chi connectivity index (χ1v) is 8.65. The molecule has 0 aliphatic heterocycles. The molecule has 1 aromatic heterocycles. The summed E-state index contributed by atoms with van der Waals surface area (Å²) in [5.41, 5.74) is 3.03. The molecule has 0 bridgehead atoms. The lowest BCUT2D eigenvalue weighted by molar-refractivity contribution is 0.148. The van der Waals surface area contributed by atoms with Crippen molar-refractivity contribution in [3.63, 3.8) is 0 Å². The number of hydrogen-bond acceptors (Lipinski definition) is 4. The van der Waals surface area contributed by atoms with Gasteiger partial charge in [0.1, 0.15) is 6.10 Å². The molecule has 2 aromatic rings. The second-order valence-corrected chi connectivity index (χ2v) is 6.29. The van der Waals surface area contributed by atoms with E-state index in [-0.39, 0.29) is 0 Å². The van der Waals surface area contributed by atoms with Crippen molar-refractivity contribution in [3.05, 3.63) is 59.3 Å². The number of aromatic nitrogens is 1. The third-order valence-corrected chi connectivity index (χ3v) is 4.38. The minimum atomic E-state index is 0.327. The highest BCUT2D eigenvalue weighted by Crippen LogP contribution is 2.22. The van der Waals surface area contributed by atoms with E-state index < -0.39 is 0 Å². The molecule has 1 aliphatic rings. The average molecular weight is 321 g/mol. The fourth-order valence-corrected chi connectivity index (χ4v) is 3.03. The van der Waals surface area contributed by atoms with E-state index in [1.807, 2.05) is 42.6 Å². The van der Waals surface area contributed by atoms with E-state index in [1.54, 1.807) is 0 Å². The van der Waals surface area contributed by atoms with Crippen LogP contribution in [-0.2, 0) is 13.1 Å². The van der Waals surface area contributed by atoms with Crippen LogP contribution < -0.4 is 10.1 Å². The molecular formula is C20H23N3O. The van der Waals surface area contributed by atoms with Crippen LogP contribution in [0.4, 0.5) is 0 Å². The summed E-state index contributed by atoms with van der Waals surface area (Å²) < 4.78 is 6.02. The summed E-state index contributed by atoms with van der Waals surface area (Å²) in [6.45, 7) is 1.54. The van der Waals surface area contributed by atoms with Crippen molar-refractivity contribution in [1.82, 2.24) is 10.3 Å². The molecule has 0 amide bonds. The van der Waals surface area contributed by atoms with Crippen LogP contribution in [0.1, 0.15) is 48.8 Å². The van der Waals surface area contributed by atoms with Gasteiger partial charge in [0.15, 0.2) is 0 Å². The van der Waals surface area contributed by atoms with Gasteiger partial charge in [-0.15, -0.1) is 0 Å².